The average molecular weight is 321 g/mol. The van der Waals surface area contributed by atoms with Crippen molar-refractivity contribution in [3.05, 3.63) is 23.8 Å². The molecule has 0 spiro atoms. The molecule has 1 aromatic rings. The van der Waals surface area contributed by atoms with Crippen LogP contribution in [0.2, 0.25) is 0 Å². The van der Waals surface area contributed by atoms with Crippen molar-refractivity contribution in [2.45, 2.75) is 12.8 Å². The minimum absolute atomic E-state index is 0.0912. The van der Waals surface area contributed by atoms with E-state index in [-0.39, 0.29) is 24.5 Å². The van der Waals surface area contributed by atoms with E-state index < -0.39 is 0 Å². The zero-order valence-corrected chi connectivity index (χ0v) is 13.5. The lowest BCUT2D eigenvalue weighted by atomic mass is 9.99. The lowest BCUT2D eigenvalue weighted by Crippen LogP contribution is -2.43. The molecular formula is C16H23N3O4. The van der Waals surface area contributed by atoms with E-state index in [1.54, 1.807) is 30.1 Å². The van der Waals surface area contributed by atoms with Crippen LogP contribution in [0.4, 0.5) is 10.5 Å². The van der Waals surface area contributed by atoms with Crippen molar-refractivity contribution in [2.75, 3.05) is 39.2 Å². The van der Waals surface area contributed by atoms with E-state index in [4.69, 9.17) is 4.74 Å². The third-order valence-electron chi connectivity index (χ3n) is 4.00. The molecule has 0 saturated carbocycles. The molecule has 1 unspecified atom stereocenters. The molecule has 3 N–H and O–H groups in total. The maximum atomic E-state index is 12.4. The Morgan fingerprint density at radius 1 is 1.43 bits per heavy atom. The quantitative estimate of drug-likeness (QED) is 0.779. The molecule has 0 bridgehead atoms. The van der Waals surface area contributed by atoms with Crippen molar-refractivity contribution in [1.82, 2.24) is 10.2 Å². The number of amides is 3. The van der Waals surface area contributed by atoms with Crippen LogP contribution in [0, 0.1) is 5.92 Å². The molecule has 1 heterocycles. The number of ether oxygens (including phenoxy) is 1. The number of rotatable bonds is 4. The van der Waals surface area contributed by atoms with Crippen LogP contribution in [0.1, 0.15) is 23.2 Å². The summed E-state index contributed by atoms with van der Waals surface area (Å²) in [7, 11) is 3.04. The summed E-state index contributed by atoms with van der Waals surface area (Å²) in [5.41, 5.74) is 0.969. The van der Waals surface area contributed by atoms with Crippen LogP contribution >= 0.6 is 0 Å². The number of anilines is 1. The molecule has 2 rings (SSSR count). The van der Waals surface area contributed by atoms with Crippen LogP contribution in [0.25, 0.3) is 0 Å². The van der Waals surface area contributed by atoms with Crippen molar-refractivity contribution < 1.29 is 19.4 Å². The van der Waals surface area contributed by atoms with Crippen molar-refractivity contribution in [1.29, 1.82) is 0 Å². The molecule has 1 saturated heterocycles. The third-order valence-corrected chi connectivity index (χ3v) is 4.00. The summed E-state index contributed by atoms with van der Waals surface area (Å²) in [4.78, 5) is 25.7. The second kappa shape index (κ2) is 7.82. The van der Waals surface area contributed by atoms with Crippen molar-refractivity contribution in [2.24, 2.45) is 5.92 Å². The van der Waals surface area contributed by atoms with Crippen LogP contribution in [0.3, 0.4) is 0 Å². The standard InChI is InChI=1S/C16H23N3O4/c1-17-15(21)12-5-6-13(14(8-12)23-2)18-16(22)19-7-3-4-11(9-19)10-20/h5-6,8,11,20H,3-4,7,9-10H2,1-2H3,(H,17,21)(H,18,22). The molecule has 7 nitrogen and oxygen atoms in total. The summed E-state index contributed by atoms with van der Waals surface area (Å²) < 4.78 is 5.26. The largest absolute Gasteiger partial charge is 0.495 e. The van der Waals surface area contributed by atoms with Gasteiger partial charge in [0.1, 0.15) is 5.75 Å². The Labute approximate surface area is 135 Å². The fourth-order valence-electron chi connectivity index (χ4n) is 2.67. The van der Waals surface area contributed by atoms with Gasteiger partial charge in [-0.25, -0.2) is 4.79 Å². The number of piperidine rings is 1. The Hall–Kier alpha value is -2.28. The fraction of sp³-hybridized carbons (Fsp3) is 0.500. The first-order valence-corrected chi connectivity index (χ1v) is 7.66. The molecule has 1 aliphatic heterocycles. The first-order chi connectivity index (χ1) is 11.1. The van der Waals surface area contributed by atoms with Gasteiger partial charge in [-0.2, -0.15) is 0 Å². The number of hydrogen-bond acceptors (Lipinski definition) is 4. The molecule has 0 aromatic heterocycles. The Bertz CT molecular complexity index is 576. The summed E-state index contributed by atoms with van der Waals surface area (Å²) >= 11 is 0. The van der Waals surface area contributed by atoms with Crippen LogP contribution in [0.15, 0.2) is 18.2 Å². The number of carbonyl (C=O) groups excluding carboxylic acids is 2. The van der Waals surface area contributed by atoms with Gasteiger partial charge in [0.2, 0.25) is 0 Å². The molecule has 126 valence electrons. The number of benzene rings is 1. The van der Waals surface area contributed by atoms with E-state index >= 15 is 0 Å². The van der Waals surface area contributed by atoms with Crippen molar-refractivity contribution in [3.63, 3.8) is 0 Å². The van der Waals surface area contributed by atoms with Crippen LogP contribution in [-0.2, 0) is 0 Å². The maximum absolute atomic E-state index is 12.4. The highest BCUT2D eigenvalue weighted by atomic mass is 16.5. The number of methoxy groups -OCH3 is 1. The Kier molecular flexibility index (Phi) is 5.81. The SMILES string of the molecule is CNC(=O)c1ccc(NC(=O)N2CCCC(CO)C2)c(OC)c1. The first kappa shape index (κ1) is 17.1. The van der Waals surface area contributed by atoms with Crippen molar-refractivity contribution >= 4 is 17.6 Å². The molecule has 0 aliphatic carbocycles. The average Bonchev–Trinajstić information content (AvgIpc) is 2.61. The van der Waals surface area contributed by atoms with Gasteiger partial charge in [-0.1, -0.05) is 0 Å². The Balaban J connectivity index is 2.09. The van der Waals surface area contributed by atoms with E-state index in [1.807, 2.05) is 0 Å². The number of likely N-dealkylation sites (tertiary alicyclic amines) is 1. The molecule has 1 fully saturated rings. The van der Waals surface area contributed by atoms with Crippen LogP contribution in [0.5, 0.6) is 5.75 Å². The van der Waals surface area contributed by atoms with Gasteiger partial charge in [0.15, 0.2) is 0 Å². The zero-order chi connectivity index (χ0) is 16.8. The third kappa shape index (κ3) is 4.13. The van der Waals surface area contributed by atoms with Gasteiger partial charge in [0.25, 0.3) is 5.91 Å². The molecule has 1 aliphatic rings. The number of aliphatic hydroxyl groups is 1. The topological polar surface area (TPSA) is 90.9 Å². The number of hydrogen-bond donors (Lipinski definition) is 3. The van der Waals surface area contributed by atoms with Crippen molar-refractivity contribution in [3.8, 4) is 5.75 Å². The highest BCUT2D eigenvalue weighted by Crippen LogP contribution is 2.26. The zero-order valence-electron chi connectivity index (χ0n) is 13.5. The van der Waals surface area contributed by atoms with Crippen LogP contribution in [-0.4, -0.2) is 55.8 Å². The minimum atomic E-state index is -0.228. The number of urea groups is 1. The summed E-state index contributed by atoms with van der Waals surface area (Å²) in [5.74, 6) is 0.338. The number of aliphatic hydroxyl groups excluding tert-OH is 1. The summed E-state index contributed by atoms with van der Waals surface area (Å²) in [5, 5.41) is 14.6. The monoisotopic (exact) mass is 321 g/mol. The molecule has 7 heteroatoms. The maximum Gasteiger partial charge on any atom is 0.321 e. The van der Waals surface area contributed by atoms with Gasteiger partial charge in [-0.3, -0.25) is 4.79 Å². The van der Waals surface area contributed by atoms with Gasteiger partial charge in [0, 0.05) is 32.3 Å². The molecule has 1 aromatic carbocycles. The van der Waals surface area contributed by atoms with Gasteiger partial charge in [-0.05, 0) is 37.0 Å². The van der Waals surface area contributed by atoms with Gasteiger partial charge >= 0.3 is 6.03 Å². The van der Waals surface area contributed by atoms with Gasteiger partial charge < -0.3 is 25.4 Å². The smallest absolute Gasteiger partial charge is 0.321 e. The summed E-state index contributed by atoms with van der Waals surface area (Å²) in [6.45, 7) is 1.30. The normalized spacial score (nSPS) is 17.5. The Morgan fingerprint density at radius 3 is 2.87 bits per heavy atom. The van der Waals surface area contributed by atoms with E-state index in [2.05, 4.69) is 10.6 Å². The minimum Gasteiger partial charge on any atom is -0.495 e. The first-order valence-electron chi connectivity index (χ1n) is 7.66. The Morgan fingerprint density at radius 2 is 2.22 bits per heavy atom. The molecular weight excluding hydrogens is 298 g/mol. The lowest BCUT2D eigenvalue weighted by molar-refractivity contribution is 0.0962. The highest BCUT2D eigenvalue weighted by molar-refractivity contribution is 5.96. The number of nitrogens with one attached hydrogen (secondary N) is 2. The van der Waals surface area contributed by atoms with Gasteiger partial charge in [-0.15, -0.1) is 0 Å². The van der Waals surface area contributed by atoms with Gasteiger partial charge in [0.05, 0.1) is 12.8 Å². The molecule has 0 radical (unpaired) electrons. The molecule has 23 heavy (non-hydrogen) atoms. The number of carbonyl (C=O) groups is 2. The predicted octanol–water partition coefficient (Wildman–Crippen LogP) is 1.29. The second-order valence-electron chi connectivity index (χ2n) is 5.56. The molecule has 3 amide bonds. The highest BCUT2D eigenvalue weighted by Gasteiger charge is 2.23. The van der Waals surface area contributed by atoms with E-state index in [9.17, 15) is 14.7 Å². The number of nitrogens with zero attached hydrogens (tertiary/aromatic N) is 1. The van der Waals surface area contributed by atoms with E-state index in [0.717, 1.165) is 12.8 Å². The molecule has 1 atom stereocenters. The van der Waals surface area contributed by atoms with E-state index in [0.29, 0.717) is 30.1 Å². The fourth-order valence-corrected chi connectivity index (χ4v) is 2.67. The summed E-state index contributed by atoms with van der Waals surface area (Å²) in [6, 6.07) is 4.63. The van der Waals surface area contributed by atoms with E-state index in [1.165, 1.54) is 7.11 Å². The second-order valence-corrected chi connectivity index (χ2v) is 5.56. The summed E-state index contributed by atoms with van der Waals surface area (Å²) in [6.07, 6.45) is 1.82. The lowest BCUT2D eigenvalue weighted by Gasteiger charge is -2.32. The predicted molar refractivity (Wildman–Crippen MR) is 86.8 cm³/mol. The van der Waals surface area contributed by atoms with Crippen LogP contribution < -0.4 is 15.4 Å².